The Labute approximate surface area is 158 Å². The van der Waals surface area contributed by atoms with E-state index in [0.717, 1.165) is 10.5 Å². The Morgan fingerprint density at radius 2 is 1.93 bits per heavy atom. The molecule has 0 aromatic heterocycles. The molecule has 9 heteroatoms. The summed E-state index contributed by atoms with van der Waals surface area (Å²) in [5, 5.41) is 20.7. The Hall–Kier alpha value is -3.33. The second-order valence-corrected chi connectivity index (χ2v) is 6.56. The minimum atomic E-state index is -0.710. The Kier molecular flexibility index (Phi) is 5.13. The van der Waals surface area contributed by atoms with Crippen LogP contribution in [0.25, 0.3) is 6.08 Å². The Morgan fingerprint density at radius 3 is 2.56 bits per heavy atom. The number of carbonyl (C=O) groups excluding carboxylic acids is 2. The van der Waals surface area contributed by atoms with Gasteiger partial charge in [0.1, 0.15) is 0 Å². The van der Waals surface area contributed by atoms with E-state index in [-0.39, 0.29) is 22.8 Å². The molecule has 2 aromatic carbocycles. The van der Waals surface area contributed by atoms with Gasteiger partial charge in [0.25, 0.3) is 11.1 Å². The molecule has 1 N–H and O–H groups in total. The lowest BCUT2D eigenvalue weighted by atomic mass is 10.1. The summed E-state index contributed by atoms with van der Waals surface area (Å²) in [5.74, 6) is -1.23. The van der Waals surface area contributed by atoms with Gasteiger partial charge in [-0.05, 0) is 35.5 Å². The van der Waals surface area contributed by atoms with Crippen molar-refractivity contribution in [3.05, 3.63) is 68.6 Å². The summed E-state index contributed by atoms with van der Waals surface area (Å²) in [5.41, 5.74) is 0.366. The standard InChI is InChI=1S/C18H14N2O6S/c1-26-16-13(21)8-7-12(15(16)20(24)25)9-14-17(22)19(18(23)27-14)10-11-5-3-2-4-6-11/h2-9,21H,10H2,1H3/b14-9-. The van der Waals surface area contributed by atoms with E-state index >= 15 is 0 Å². The van der Waals surface area contributed by atoms with Crippen LogP contribution >= 0.6 is 11.8 Å². The number of phenols is 1. The van der Waals surface area contributed by atoms with Gasteiger partial charge in [0, 0.05) is 0 Å². The van der Waals surface area contributed by atoms with Crippen LogP contribution in [0.4, 0.5) is 10.5 Å². The van der Waals surface area contributed by atoms with Crippen LogP contribution in [-0.4, -0.2) is 33.2 Å². The lowest BCUT2D eigenvalue weighted by Crippen LogP contribution is -2.27. The van der Waals surface area contributed by atoms with Crippen molar-refractivity contribution < 1.29 is 24.4 Å². The number of aromatic hydroxyl groups is 1. The van der Waals surface area contributed by atoms with E-state index in [1.54, 1.807) is 24.3 Å². The molecule has 0 unspecified atom stereocenters. The van der Waals surface area contributed by atoms with Gasteiger partial charge in [-0.2, -0.15) is 0 Å². The molecule has 8 nitrogen and oxygen atoms in total. The van der Waals surface area contributed by atoms with E-state index in [1.807, 2.05) is 6.07 Å². The number of benzene rings is 2. The van der Waals surface area contributed by atoms with Gasteiger partial charge in [0.2, 0.25) is 5.75 Å². The third-order valence-electron chi connectivity index (χ3n) is 3.87. The van der Waals surface area contributed by atoms with Gasteiger partial charge in [-0.3, -0.25) is 24.6 Å². The van der Waals surface area contributed by atoms with Crippen LogP contribution in [0.1, 0.15) is 11.1 Å². The molecule has 27 heavy (non-hydrogen) atoms. The van der Waals surface area contributed by atoms with Crippen LogP contribution < -0.4 is 4.74 Å². The Morgan fingerprint density at radius 1 is 1.22 bits per heavy atom. The maximum atomic E-state index is 12.6. The second-order valence-electron chi connectivity index (χ2n) is 5.57. The number of ether oxygens (including phenoxy) is 1. The van der Waals surface area contributed by atoms with Gasteiger partial charge in [0.15, 0.2) is 5.75 Å². The first-order chi connectivity index (χ1) is 12.9. The number of methoxy groups -OCH3 is 1. The zero-order chi connectivity index (χ0) is 19.6. The molecule has 1 saturated heterocycles. The predicted molar refractivity (Wildman–Crippen MR) is 99.3 cm³/mol. The number of phenolic OH excluding ortho intramolecular Hbond substituents is 1. The molecule has 3 rings (SSSR count). The van der Waals surface area contributed by atoms with Crippen molar-refractivity contribution in [1.29, 1.82) is 0 Å². The van der Waals surface area contributed by atoms with Crippen molar-refractivity contribution in [2.24, 2.45) is 0 Å². The second kappa shape index (κ2) is 7.50. The van der Waals surface area contributed by atoms with E-state index in [9.17, 15) is 24.8 Å². The highest BCUT2D eigenvalue weighted by atomic mass is 32.2. The molecule has 0 saturated carbocycles. The molecule has 0 spiro atoms. The largest absolute Gasteiger partial charge is 0.504 e. The molecule has 2 aromatic rings. The third kappa shape index (κ3) is 3.63. The molecule has 2 amide bonds. The quantitative estimate of drug-likeness (QED) is 0.475. The summed E-state index contributed by atoms with van der Waals surface area (Å²) in [6, 6.07) is 11.5. The first-order valence-corrected chi connectivity index (χ1v) is 8.57. The third-order valence-corrected chi connectivity index (χ3v) is 4.78. The predicted octanol–water partition coefficient (Wildman–Crippen LogP) is 3.55. The van der Waals surface area contributed by atoms with Gasteiger partial charge in [0.05, 0.1) is 29.0 Å². The number of nitrogens with zero attached hydrogens (tertiary/aromatic N) is 2. The summed E-state index contributed by atoms with van der Waals surface area (Å²) in [7, 11) is 1.19. The zero-order valence-electron chi connectivity index (χ0n) is 14.1. The normalized spacial score (nSPS) is 15.4. The van der Waals surface area contributed by atoms with Crippen molar-refractivity contribution in [2.75, 3.05) is 7.11 Å². The molecule has 0 atom stereocenters. The number of nitro benzene ring substituents is 1. The van der Waals surface area contributed by atoms with E-state index in [4.69, 9.17) is 4.74 Å². The van der Waals surface area contributed by atoms with Crippen LogP contribution in [0.15, 0.2) is 47.4 Å². The zero-order valence-corrected chi connectivity index (χ0v) is 14.9. The van der Waals surface area contributed by atoms with Crippen molar-refractivity contribution >= 4 is 34.7 Å². The van der Waals surface area contributed by atoms with Crippen LogP contribution in [0.2, 0.25) is 0 Å². The smallest absolute Gasteiger partial charge is 0.322 e. The van der Waals surface area contributed by atoms with E-state index in [2.05, 4.69) is 0 Å². The minimum Gasteiger partial charge on any atom is -0.504 e. The van der Waals surface area contributed by atoms with Crippen LogP contribution in [0.3, 0.4) is 0 Å². The lowest BCUT2D eigenvalue weighted by Gasteiger charge is -2.12. The van der Waals surface area contributed by atoms with Crippen LogP contribution in [-0.2, 0) is 11.3 Å². The van der Waals surface area contributed by atoms with Gasteiger partial charge < -0.3 is 9.84 Å². The summed E-state index contributed by atoms with van der Waals surface area (Å²) >= 11 is 0.707. The lowest BCUT2D eigenvalue weighted by molar-refractivity contribution is -0.386. The topological polar surface area (TPSA) is 110 Å². The molecule has 1 heterocycles. The van der Waals surface area contributed by atoms with Crippen LogP contribution in [0, 0.1) is 10.1 Å². The van der Waals surface area contributed by atoms with E-state index in [0.29, 0.717) is 11.8 Å². The average molecular weight is 386 g/mol. The maximum absolute atomic E-state index is 12.6. The monoisotopic (exact) mass is 386 g/mol. The van der Waals surface area contributed by atoms with E-state index < -0.39 is 27.5 Å². The highest BCUT2D eigenvalue weighted by molar-refractivity contribution is 8.18. The fraction of sp³-hybridized carbons (Fsp3) is 0.111. The van der Waals surface area contributed by atoms with Crippen molar-refractivity contribution in [2.45, 2.75) is 6.54 Å². The van der Waals surface area contributed by atoms with Gasteiger partial charge >= 0.3 is 5.69 Å². The van der Waals surface area contributed by atoms with E-state index in [1.165, 1.54) is 25.3 Å². The highest BCUT2D eigenvalue weighted by Crippen LogP contribution is 2.41. The van der Waals surface area contributed by atoms with Gasteiger partial charge in [-0.15, -0.1) is 0 Å². The van der Waals surface area contributed by atoms with Gasteiger partial charge in [-0.1, -0.05) is 30.3 Å². The Bertz CT molecular complexity index is 958. The van der Waals surface area contributed by atoms with Crippen molar-refractivity contribution in [3.8, 4) is 11.5 Å². The van der Waals surface area contributed by atoms with Gasteiger partial charge in [-0.25, -0.2) is 0 Å². The molecule has 1 aliphatic heterocycles. The number of hydrogen-bond donors (Lipinski definition) is 1. The summed E-state index contributed by atoms with van der Waals surface area (Å²) in [6.07, 6.45) is 1.26. The molecular weight excluding hydrogens is 372 g/mol. The Balaban J connectivity index is 1.96. The number of thioether (sulfide) groups is 1. The fourth-order valence-corrected chi connectivity index (χ4v) is 3.45. The summed E-state index contributed by atoms with van der Waals surface area (Å²) < 4.78 is 4.90. The number of carbonyl (C=O) groups is 2. The van der Waals surface area contributed by atoms with Crippen molar-refractivity contribution in [1.82, 2.24) is 4.90 Å². The highest BCUT2D eigenvalue weighted by Gasteiger charge is 2.36. The fourth-order valence-electron chi connectivity index (χ4n) is 2.63. The number of hydrogen-bond acceptors (Lipinski definition) is 7. The van der Waals surface area contributed by atoms with Crippen LogP contribution in [0.5, 0.6) is 11.5 Å². The summed E-state index contributed by atoms with van der Waals surface area (Å²) in [6.45, 7) is 0.115. The molecule has 1 aliphatic rings. The minimum absolute atomic E-state index is 0.0554. The number of rotatable bonds is 5. The maximum Gasteiger partial charge on any atom is 0.322 e. The average Bonchev–Trinajstić information content (AvgIpc) is 2.91. The molecule has 138 valence electrons. The molecular formula is C18H14N2O6S. The molecule has 0 bridgehead atoms. The molecule has 0 aliphatic carbocycles. The number of nitro groups is 1. The van der Waals surface area contributed by atoms with Crippen molar-refractivity contribution in [3.63, 3.8) is 0 Å². The SMILES string of the molecule is COc1c(O)ccc(/C=C2\SC(=O)N(Cc3ccccc3)C2=O)c1[N+](=O)[O-]. The first kappa shape index (κ1) is 18.5. The number of imide groups is 1. The number of amides is 2. The molecule has 0 radical (unpaired) electrons. The molecule has 1 fully saturated rings. The summed E-state index contributed by atoms with van der Waals surface area (Å²) in [4.78, 5) is 36.6. The first-order valence-electron chi connectivity index (χ1n) is 7.76.